The van der Waals surface area contributed by atoms with Crippen LogP contribution in [-0.2, 0) is 17.1 Å². The van der Waals surface area contributed by atoms with Crippen molar-refractivity contribution in [2.75, 3.05) is 31.1 Å². The third-order valence-electron chi connectivity index (χ3n) is 8.03. The van der Waals surface area contributed by atoms with Crippen molar-refractivity contribution in [1.29, 1.82) is 0 Å². The summed E-state index contributed by atoms with van der Waals surface area (Å²) in [5.41, 5.74) is 5.58. The lowest BCUT2D eigenvalue weighted by molar-refractivity contribution is 0.384. The van der Waals surface area contributed by atoms with Crippen molar-refractivity contribution in [3.05, 3.63) is 100 Å². The van der Waals surface area contributed by atoms with Crippen LogP contribution in [0.15, 0.2) is 88.6 Å². The van der Waals surface area contributed by atoms with Crippen LogP contribution in [0.2, 0.25) is 0 Å². The lowest BCUT2D eigenvalue weighted by atomic mass is 10.0. The summed E-state index contributed by atoms with van der Waals surface area (Å²) in [5, 5.41) is 0. The molecule has 0 bridgehead atoms. The molecule has 0 atom stereocenters. The first kappa shape index (κ1) is 27.9. The highest BCUT2D eigenvalue weighted by atomic mass is 32.2. The first-order valence-electron chi connectivity index (χ1n) is 14.1. The van der Waals surface area contributed by atoms with Gasteiger partial charge in [0, 0.05) is 50.0 Å². The Hall–Kier alpha value is -4.28. The molecule has 216 valence electrons. The van der Waals surface area contributed by atoms with Crippen LogP contribution in [0, 0.1) is 6.92 Å². The fourth-order valence-corrected chi connectivity index (χ4v) is 7.16. The molecule has 0 unspecified atom stereocenters. The summed E-state index contributed by atoms with van der Waals surface area (Å²) in [4.78, 5) is 25.3. The van der Waals surface area contributed by atoms with E-state index in [0.29, 0.717) is 31.9 Å². The molecule has 0 amide bonds. The molecule has 1 aliphatic heterocycles. The van der Waals surface area contributed by atoms with E-state index < -0.39 is 10.0 Å². The second kappa shape index (κ2) is 10.8. The number of para-hydroxylation sites is 2. The van der Waals surface area contributed by atoms with Gasteiger partial charge < -0.3 is 4.90 Å². The summed E-state index contributed by atoms with van der Waals surface area (Å²) in [6.07, 6.45) is 0. The Bertz CT molecular complexity index is 1920. The van der Waals surface area contributed by atoms with Gasteiger partial charge in [-0.2, -0.15) is 4.31 Å². The fourth-order valence-electron chi connectivity index (χ4n) is 5.73. The number of piperazine rings is 1. The van der Waals surface area contributed by atoms with Gasteiger partial charge in [0.1, 0.15) is 5.69 Å². The molecule has 9 nitrogen and oxygen atoms in total. The number of hydrogen-bond donors (Lipinski definition) is 0. The van der Waals surface area contributed by atoms with Gasteiger partial charge in [0.15, 0.2) is 5.82 Å². The van der Waals surface area contributed by atoms with Gasteiger partial charge in [0.05, 0.1) is 21.6 Å². The molecule has 1 saturated heterocycles. The number of anilines is 1. The zero-order valence-corrected chi connectivity index (χ0v) is 25.0. The van der Waals surface area contributed by atoms with E-state index in [1.807, 2.05) is 87.1 Å². The third-order valence-corrected chi connectivity index (χ3v) is 9.94. The van der Waals surface area contributed by atoms with Gasteiger partial charge >= 0.3 is 0 Å². The quantitative estimate of drug-likeness (QED) is 0.288. The number of rotatable bonds is 6. The average Bonchev–Trinajstić information content (AvgIpc) is 3.24. The number of fused-ring (bicyclic) bond motifs is 1. The predicted molar refractivity (Wildman–Crippen MR) is 166 cm³/mol. The summed E-state index contributed by atoms with van der Waals surface area (Å²) in [7, 11) is -1.88. The van der Waals surface area contributed by atoms with E-state index in [-0.39, 0.29) is 16.4 Å². The van der Waals surface area contributed by atoms with E-state index in [0.717, 1.165) is 39.4 Å². The highest BCUT2D eigenvalue weighted by Crippen LogP contribution is 2.31. The molecule has 0 aliphatic carbocycles. The first-order chi connectivity index (χ1) is 20.2. The van der Waals surface area contributed by atoms with Crippen molar-refractivity contribution < 1.29 is 8.42 Å². The molecule has 0 radical (unpaired) electrons. The van der Waals surface area contributed by atoms with E-state index in [9.17, 15) is 13.2 Å². The predicted octanol–water partition coefficient (Wildman–Crippen LogP) is 4.73. The van der Waals surface area contributed by atoms with Gasteiger partial charge in [-0.25, -0.2) is 23.1 Å². The molecule has 42 heavy (non-hydrogen) atoms. The van der Waals surface area contributed by atoms with Gasteiger partial charge in [-0.1, -0.05) is 56.3 Å². The Morgan fingerprint density at radius 3 is 1.98 bits per heavy atom. The van der Waals surface area contributed by atoms with Crippen LogP contribution in [0.25, 0.3) is 28.0 Å². The SMILES string of the molecule is Cc1c(C(C)C)c(=O)n(-c2ccc(S(=O)(=O)N3CCN(c4nc5ccccc5nc4-c4ccccc4)CC3)cc2)n1C. The lowest BCUT2D eigenvalue weighted by Crippen LogP contribution is -2.49. The topological polar surface area (TPSA) is 93.3 Å². The van der Waals surface area contributed by atoms with Crippen molar-refractivity contribution in [1.82, 2.24) is 23.6 Å². The number of hydrogen-bond acceptors (Lipinski definition) is 6. The zero-order valence-electron chi connectivity index (χ0n) is 24.2. The minimum Gasteiger partial charge on any atom is -0.352 e. The molecule has 1 fully saturated rings. The molecule has 0 N–H and O–H groups in total. The van der Waals surface area contributed by atoms with Crippen molar-refractivity contribution >= 4 is 26.9 Å². The van der Waals surface area contributed by atoms with Gasteiger partial charge in [0.2, 0.25) is 10.0 Å². The monoisotopic (exact) mass is 582 g/mol. The molecular formula is C32H34N6O3S. The second-order valence-electron chi connectivity index (χ2n) is 10.9. The Morgan fingerprint density at radius 1 is 0.786 bits per heavy atom. The molecule has 1 aliphatic rings. The van der Waals surface area contributed by atoms with Crippen LogP contribution in [0.4, 0.5) is 5.82 Å². The maximum atomic E-state index is 13.6. The molecule has 3 aromatic carbocycles. The fraction of sp³-hybridized carbons (Fsp3) is 0.281. The minimum absolute atomic E-state index is 0.0802. The van der Waals surface area contributed by atoms with Gasteiger partial charge in [-0.05, 0) is 49.2 Å². The minimum atomic E-state index is -3.72. The summed E-state index contributed by atoms with van der Waals surface area (Å²) in [6, 6.07) is 24.3. The van der Waals surface area contributed by atoms with E-state index in [4.69, 9.17) is 9.97 Å². The van der Waals surface area contributed by atoms with Crippen molar-refractivity contribution in [3.8, 4) is 16.9 Å². The molecule has 0 spiro atoms. The van der Waals surface area contributed by atoms with Gasteiger partial charge in [-0.3, -0.25) is 9.48 Å². The molecule has 2 aromatic heterocycles. The van der Waals surface area contributed by atoms with Crippen LogP contribution in [-0.4, -0.2) is 58.2 Å². The molecule has 6 rings (SSSR count). The van der Waals surface area contributed by atoms with E-state index in [2.05, 4.69) is 4.90 Å². The molecule has 0 saturated carbocycles. The number of sulfonamides is 1. The van der Waals surface area contributed by atoms with Crippen molar-refractivity contribution in [2.24, 2.45) is 7.05 Å². The Morgan fingerprint density at radius 2 is 1.38 bits per heavy atom. The maximum Gasteiger partial charge on any atom is 0.275 e. The number of nitrogens with zero attached hydrogens (tertiary/aromatic N) is 6. The lowest BCUT2D eigenvalue weighted by Gasteiger charge is -2.35. The largest absolute Gasteiger partial charge is 0.352 e. The van der Waals surface area contributed by atoms with Crippen molar-refractivity contribution in [2.45, 2.75) is 31.6 Å². The Kier molecular flexibility index (Phi) is 7.20. The van der Waals surface area contributed by atoms with E-state index in [1.165, 1.54) is 4.31 Å². The van der Waals surface area contributed by atoms with Crippen LogP contribution >= 0.6 is 0 Å². The third kappa shape index (κ3) is 4.80. The number of aromatic nitrogens is 4. The molecular weight excluding hydrogens is 548 g/mol. The highest BCUT2D eigenvalue weighted by molar-refractivity contribution is 7.89. The van der Waals surface area contributed by atoms with Crippen LogP contribution in [0.3, 0.4) is 0 Å². The first-order valence-corrected chi connectivity index (χ1v) is 15.6. The van der Waals surface area contributed by atoms with Gasteiger partial charge in [0.25, 0.3) is 5.56 Å². The number of benzene rings is 3. The molecule has 3 heterocycles. The second-order valence-corrected chi connectivity index (χ2v) is 12.9. The molecule has 10 heteroatoms. The maximum absolute atomic E-state index is 13.6. The summed E-state index contributed by atoms with van der Waals surface area (Å²) in [6.45, 7) is 7.54. The van der Waals surface area contributed by atoms with Crippen LogP contribution in [0.5, 0.6) is 0 Å². The average molecular weight is 583 g/mol. The summed E-state index contributed by atoms with van der Waals surface area (Å²) >= 11 is 0. The zero-order chi connectivity index (χ0) is 29.6. The van der Waals surface area contributed by atoms with Crippen molar-refractivity contribution in [3.63, 3.8) is 0 Å². The van der Waals surface area contributed by atoms with E-state index in [1.54, 1.807) is 28.9 Å². The Labute approximate surface area is 245 Å². The summed E-state index contributed by atoms with van der Waals surface area (Å²) < 4.78 is 32.2. The summed E-state index contributed by atoms with van der Waals surface area (Å²) in [5.74, 6) is 0.845. The molecule has 5 aromatic rings. The van der Waals surface area contributed by atoms with Crippen LogP contribution < -0.4 is 10.5 Å². The van der Waals surface area contributed by atoms with Crippen LogP contribution in [0.1, 0.15) is 31.0 Å². The smallest absolute Gasteiger partial charge is 0.275 e. The van der Waals surface area contributed by atoms with E-state index >= 15 is 0 Å². The van der Waals surface area contributed by atoms with Gasteiger partial charge in [-0.15, -0.1) is 0 Å². The Balaban J connectivity index is 1.24. The normalized spacial score (nSPS) is 14.6. The standard InChI is InChI=1S/C32H34N6O3S/c1-22(2)29-23(3)35(4)38(32(29)39)25-14-16-26(17-15-25)42(40,41)37-20-18-36(19-21-37)31-30(24-10-6-5-7-11-24)33-27-12-8-9-13-28(27)34-31/h5-17,22H,18-21H2,1-4H3. The highest BCUT2D eigenvalue weighted by Gasteiger charge is 2.30.